The summed E-state index contributed by atoms with van der Waals surface area (Å²) in [4.78, 5) is 46.6. The van der Waals surface area contributed by atoms with E-state index >= 15 is 0 Å². The van der Waals surface area contributed by atoms with Gasteiger partial charge in [-0.15, -0.1) is 0 Å². The molecular weight excluding hydrogens is 432 g/mol. The average molecular weight is 475 g/mol. The summed E-state index contributed by atoms with van der Waals surface area (Å²) >= 11 is -2.55. The maximum Gasteiger partial charge on any atom is 0.306 e. The van der Waals surface area contributed by atoms with Crippen molar-refractivity contribution in [2.45, 2.75) is 129 Å². The first-order valence-electron chi connectivity index (χ1n) is 12.2. The van der Waals surface area contributed by atoms with Crippen molar-refractivity contribution >= 4 is 35.5 Å². The lowest BCUT2D eigenvalue weighted by molar-refractivity contribution is -0.131. The third-order valence-electron chi connectivity index (χ3n) is 5.30. The maximum absolute atomic E-state index is 12.1. The van der Waals surface area contributed by atoms with E-state index in [1.165, 1.54) is 38.5 Å². The van der Waals surface area contributed by atoms with Gasteiger partial charge < -0.3 is 0 Å². The average Bonchev–Trinajstić information content (AvgIpc) is 2.79. The fourth-order valence-corrected chi connectivity index (χ4v) is 3.98. The second-order valence-electron chi connectivity index (χ2n) is 8.19. The Hall–Kier alpha value is -1.25. The van der Waals surface area contributed by atoms with Gasteiger partial charge in [-0.25, -0.2) is 8.37 Å². The monoisotopic (exact) mass is 474 g/mol. The second-order valence-corrected chi connectivity index (χ2v) is 8.98. The van der Waals surface area contributed by atoms with Crippen LogP contribution in [0.15, 0.2) is 0 Å². The van der Waals surface area contributed by atoms with Crippen molar-refractivity contribution in [3.8, 4) is 0 Å². The van der Waals surface area contributed by atoms with Gasteiger partial charge in [-0.3, -0.25) is 19.2 Å². The first-order valence-corrected chi connectivity index (χ1v) is 13.2. The van der Waals surface area contributed by atoms with Crippen LogP contribution in [0.2, 0.25) is 0 Å². The van der Waals surface area contributed by atoms with Crippen molar-refractivity contribution < 1.29 is 31.8 Å². The van der Waals surface area contributed by atoms with Gasteiger partial charge in [0.15, 0.2) is 36.3 Å². The Morgan fingerprint density at radius 3 is 1.25 bits per heavy atom. The molecule has 0 N–H and O–H groups in total. The van der Waals surface area contributed by atoms with Gasteiger partial charge in [-0.1, -0.05) is 90.9 Å². The second kappa shape index (κ2) is 21.6. The molecule has 32 heavy (non-hydrogen) atoms. The van der Waals surface area contributed by atoms with Gasteiger partial charge in [0.2, 0.25) is 0 Å². The van der Waals surface area contributed by atoms with Crippen molar-refractivity contribution in [3.63, 3.8) is 0 Å². The molecule has 0 aliphatic heterocycles. The Labute approximate surface area is 196 Å². The molecule has 186 valence electrons. The molecule has 0 saturated carbocycles. The van der Waals surface area contributed by atoms with E-state index in [9.17, 15) is 23.4 Å². The molecule has 0 aliphatic carbocycles. The SMILES string of the molecule is CCCCCCCCCC(=O)C(C=O)OS(=O)OC(C=O)C(=O)CCCCCCCCC. The molecular formula is C24H42O7S. The van der Waals surface area contributed by atoms with E-state index in [2.05, 4.69) is 13.8 Å². The summed E-state index contributed by atoms with van der Waals surface area (Å²) in [6.07, 6.45) is 12.2. The van der Waals surface area contributed by atoms with Gasteiger partial charge in [0.05, 0.1) is 0 Å². The van der Waals surface area contributed by atoms with Crippen LogP contribution < -0.4 is 0 Å². The Balaban J connectivity index is 4.20. The Morgan fingerprint density at radius 2 is 0.938 bits per heavy atom. The zero-order chi connectivity index (χ0) is 24.0. The molecule has 0 saturated heterocycles. The van der Waals surface area contributed by atoms with Crippen molar-refractivity contribution in [1.29, 1.82) is 0 Å². The predicted octanol–water partition coefficient (Wildman–Crippen LogP) is 5.15. The lowest BCUT2D eigenvalue weighted by Gasteiger charge is -2.12. The molecule has 0 aliphatic rings. The van der Waals surface area contributed by atoms with Gasteiger partial charge >= 0.3 is 11.4 Å². The summed E-state index contributed by atoms with van der Waals surface area (Å²) < 4.78 is 21.7. The lowest BCUT2D eigenvalue weighted by Crippen LogP contribution is -2.31. The van der Waals surface area contributed by atoms with E-state index in [-0.39, 0.29) is 25.4 Å². The van der Waals surface area contributed by atoms with Gasteiger partial charge in [-0.2, -0.15) is 4.21 Å². The highest BCUT2D eigenvalue weighted by Gasteiger charge is 2.26. The Morgan fingerprint density at radius 1 is 0.625 bits per heavy atom. The number of carbonyl (C=O) groups excluding carboxylic acids is 4. The molecule has 2 unspecified atom stereocenters. The zero-order valence-corrected chi connectivity index (χ0v) is 20.7. The molecule has 0 aromatic rings. The quantitative estimate of drug-likeness (QED) is 0.108. The fraction of sp³-hybridized carbons (Fsp3) is 0.833. The first kappa shape index (κ1) is 30.8. The van der Waals surface area contributed by atoms with Gasteiger partial charge in [-0.05, 0) is 12.8 Å². The minimum Gasteiger partial charge on any atom is -0.300 e. The van der Waals surface area contributed by atoms with Crippen LogP contribution in [-0.4, -0.2) is 40.6 Å². The first-order chi connectivity index (χ1) is 15.5. The molecule has 2 atom stereocenters. The normalized spacial score (nSPS) is 13.9. The molecule has 0 bridgehead atoms. The third-order valence-corrected chi connectivity index (χ3v) is 6.03. The van der Waals surface area contributed by atoms with Crippen LogP contribution in [0.4, 0.5) is 0 Å². The van der Waals surface area contributed by atoms with Crippen molar-refractivity contribution in [1.82, 2.24) is 0 Å². The van der Waals surface area contributed by atoms with E-state index < -0.39 is 35.1 Å². The number of carbonyl (C=O) groups is 4. The predicted molar refractivity (Wildman–Crippen MR) is 125 cm³/mol. The minimum atomic E-state index is -2.55. The number of hydrogen-bond donors (Lipinski definition) is 0. The summed E-state index contributed by atoms with van der Waals surface area (Å²) in [5.74, 6) is -0.967. The number of aldehydes is 2. The summed E-state index contributed by atoms with van der Waals surface area (Å²) in [6.45, 7) is 4.30. The standard InChI is InChI=1S/C24H42O7S/c1-3-5-7-9-11-13-15-17-21(27)23(19-25)30-32(29)31-24(20-26)22(28)18-16-14-12-10-8-6-4-2/h19-20,23-24H,3-18H2,1-2H3. The third kappa shape index (κ3) is 16.4. The maximum atomic E-state index is 12.1. The summed E-state index contributed by atoms with van der Waals surface area (Å²) in [6, 6.07) is 0. The minimum absolute atomic E-state index is 0.142. The zero-order valence-electron chi connectivity index (χ0n) is 19.9. The molecule has 0 rings (SSSR count). The van der Waals surface area contributed by atoms with Crippen LogP contribution in [0.25, 0.3) is 0 Å². The van der Waals surface area contributed by atoms with Gasteiger partial charge in [0.25, 0.3) is 0 Å². The number of Topliss-reactive ketones (excluding diaryl/α,β-unsaturated/α-hetero) is 2. The lowest BCUT2D eigenvalue weighted by atomic mass is 10.1. The molecule has 8 heteroatoms. The molecule has 7 nitrogen and oxygen atoms in total. The van der Waals surface area contributed by atoms with Crippen LogP contribution in [0, 0.1) is 0 Å². The van der Waals surface area contributed by atoms with Crippen LogP contribution in [0.1, 0.15) is 117 Å². The van der Waals surface area contributed by atoms with E-state index in [1.807, 2.05) is 0 Å². The highest BCUT2D eigenvalue weighted by Crippen LogP contribution is 2.12. The topological polar surface area (TPSA) is 104 Å². The number of rotatable bonds is 24. The largest absolute Gasteiger partial charge is 0.306 e. The van der Waals surface area contributed by atoms with E-state index in [0.717, 1.165) is 38.5 Å². The van der Waals surface area contributed by atoms with Gasteiger partial charge in [0, 0.05) is 12.8 Å². The van der Waals surface area contributed by atoms with E-state index in [0.29, 0.717) is 12.8 Å². The molecule has 0 spiro atoms. The molecule has 0 heterocycles. The fourth-order valence-electron chi connectivity index (χ4n) is 3.29. The number of ketones is 2. The van der Waals surface area contributed by atoms with E-state index in [4.69, 9.17) is 8.37 Å². The Bertz CT molecular complexity index is 504. The molecule has 0 amide bonds. The van der Waals surface area contributed by atoms with Crippen LogP contribution in [0.5, 0.6) is 0 Å². The Kier molecular flexibility index (Phi) is 20.7. The number of unbranched alkanes of at least 4 members (excludes halogenated alkanes) is 12. The molecule has 0 radical (unpaired) electrons. The van der Waals surface area contributed by atoms with Crippen molar-refractivity contribution in [3.05, 3.63) is 0 Å². The highest BCUT2D eigenvalue weighted by atomic mass is 32.2. The smallest absolute Gasteiger partial charge is 0.300 e. The molecule has 0 aromatic carbocycles. The van der Waals surface area contributed by atoms with Crippen molar-refractivity contribution in [2.75, 3.05) is 0 Å². The van der Waals surface area contributed by atoms with E-state index in [1.54, 1.807) is 0 Å². The summed E-state index contributed by atoms with van der Waals surface area (Å²) in [5.41, 5.74) is 0. The van der Waals surface area contributed by atoms with Crippen molar-refractivity contribution in [2.24, 2.45) is 0 Å². The number of hydrogen-bond acceptors (Lipinski definition) is 7. The van der Waals surface area contributed by atoms with Gasteiger partial charge in [0.1, 0.15) is 0 Å². The molecule has 0 fully saturated rings. The summed E-state index contributed by atoms with van der Waals surface area (Å²) in [7, 11) is 0. The van der Waals surface area contributed by atoms with Crippen LogP contribution in [-0.2, 0) is 38.9 Å². The molecule has 0 aromatic heterocycles. The highest BCUT2D eigenvalue weighted by molar-refractivity contribution is 7.75. The van der Waals surface area contributed by atoms with Crippen LogP contribution >= 0.6 is 0 Å². The summed E-state index contributed by atoms with van der Waals surface area (Å²) in [5, 5.41) is 0. The van der Waals surface area contributed by atoms with Crippen LogP contribution in [0.3, 0.4) is 0 Å².